The predicted molar refractivity (Wildman–Crippen MR) is 26.0 cm³/mol. The van der Waals surface area contributed by atoms with Gasteiger partial charge in [0.05, 0.1) is 0 Å². The fourth-order valence-corrected chi connectivity index (χ4v) is 0.473. The van der Waals surface area contributed by atoms with Crippen LogP contribution in [0.3, 0.4) is 0 Å². The molecule has 0 aromatic rings. The van der Waals surface area contributed by atoms with E-state index in [0.29, 0.717) is 12.6 Å². The first-order valence-electron chi connectivity index (χ1n) is 1.85. The lowest BCUT2D eigenvalue weighted by molar-refractivity contribution is 0.357. The van der Waals surface area contributed by atoms with E-state index in [9.17, 15) is 9.36 Å². The number of hydrogen-bond donors (Lipinski definition) is 0. The Balaban J connectivity index is 3.17. The van der Waals surface area contributed by atoms with Crippen LogP contribution in [0.15, 0.2) is 0 Å². The van der Waals surface area contributed by atoms with Gasteiger partial charge in [0.1, 0.15) is 6.61 Å². The molecule has 0 bridgehead atoms. The van der Waals surface area contributed by atoms with Crippen LogP contribution in [0, 0.1) is 0 Å². The Morgan fingerprint density at radius 1 is 1.86 bits per heavy atom. The zero-order chi connectivity index (χ0) is 5.70. The molecule has 0 heterocycles. The van der Waals surface area contributed by atoms with Crippen LogP contribution < -0.4 is 0 Å². The molecule has 0 aromatic carbocycles. The Bertz CT molecular complexity index is 80.2. The van der Waals surface area contributed by atoms with Crippen molar-refractivity contribution in [2.24, 2.45) is 0 Å². The summed E-state index contributed by atoms with van der Waals surface area (Å²) in [5.74, 6) is 0. The topological polar surface area (TPSA) is 43.4 Å². The zero-order valence-corrected chi connectivity index (χ0v) is 4.85. The molecule has 40 valence electrons. The molecule has 0 spiro atoms. The summed E-state index contributed by atoms with van der Waals surface area (Å²) in [6.45, 7) is 2.00. The van der Waals surface area contributed by atoms with E-state index in [1.54, 1.807) is 6.92 Å². The fraction of sp³-hybridized carbons (Fsp3) is 0.667. The third kappa shape index (κ3) is 3.56. The van der Waals surface area contributed by atoms with Crippen LogP contribution in [0.5, 0.6) is 0 Å². The van der Waals surface area contributed by atoms with Gasteiger partial charge in [0.25, 0.3) is 0 Å². The molecule has 0 radical (unpaired) electrons. The molecule has 7 heavy (non-hydrogen) atoms. The van der Waals surface area contributed by atoms with E-state index >= 15 is 0 Å². The Hall–Kier alpha value is -0.270. The van der Waals surface area contributed by atoms with Gasteiger partial charge >= 0.3 is 14.1 Å². The van der Waals surface area contributed by atoms with Crippen molar-refractivity contribution < 1.29 is 13.9 Å². The van der Waals surface area contributed by atoms with Crippen molar-refractivity contribution in [1.82, 2.24) is 0 Å². The highest BCUT2D eigenvalue weighted by Crippen LogP contribution is 2.14. The van der Waals surface area contributed by atoms with E-state index in [1.807, 2.05) is 0 Å². The maximum atomic E-state index is 9.97. The van der Waals surface area contributed by atoms with E-state index < -0.39 is 8.03 Å². The van der Waals surface area contributed by atoms with Crippen molar-refractivity contribution in [3.63, 3.8) is 0 Å². The Kier molecular flexibility index (Phi) is 3.75. The van der Waals surface area contributed by atoms with Crippen molar-refractivity contribution in [3.8, 4) is 0 Å². The summed E-state index contributed by atoms with van der Waals surface area (Å²) in [5, 5.41) is 0. The lowest BCUT2D eigenvalue weighted by Gasteiger charge is -1.69. The number of carbonyl (C=O) groups is 1. The molecule has 1 unspecified atom stereocenters. The van der Waals surface area contributed by atoms with Crippen LogP contribution in [-0.2, 0) is 13.9 Å². The fourth-order valence-electron chi connectivity index (χ4n) is 0.158. The molecule has 3 nitrogen and oxygen atoms in total. The second-order valence-electron chi connectivity index (χ2n) is 0.809. The molecule has 0 saturated carbocycles. The molecule has 0 fully saturated rings. The van der Waals surface area contributed by atoms with Gasteiger partial charge in [-0.1, -0.05) is 0 Å². The molecule has 1 atom stereocenters. The summed E-state index contributed by atoms with van der Waals surface area (Å²) in [6, 6.07) is 0.291. The van der Waals surface area contributed by atoms with Gasteiger partial charge in [-0.15, -0.1) is 4.52 Å². The summed E-state index contributed by atoms with van der Waals surface area (Å²) in [6.07, 6.45) is 0. The molecular weight excluding hydrogens is 115 g/mol. The third-order valence-corrected chi connectivity index (χ3v) is 1.03. The summed E-state index contributed by atoms with van der Waals surface area (Å²) in [4.78, 5) is 9.49. The molecule has 0 aromatic heterocycles. The molecule has 0 aliphatic heterocycles. The first-order valence-corrected chi connectivity index (χ1v) is 3.10. The highest BCUT2D eigenvalue weighted by Gasteiger charge is 2.11. The van der Waals surface area contributed by atoms with Gasteiger partial charge in [0, 0.05) is 0 Å². The van der Waals surface area contributed by atoms with Crippen LogP contribution >= 0.6 is 8.03 Å². The normalized spacial score (nSPS) is 10.7. The first-order chi connectivity index (χ1) is 3.31. The van der Waals surface area contributed by atoms with Crippen LogP contribution in [0.1, 0.15) is 6.92 Å². The smallest absolute Gasteiger partial charge is 0.240 e. The standard InChI is InChI=1S/C3H6O3P/c1-2-6-7(5)3-4/h3H,2H2,1H3/q+1. The minimum Gasteiger partial charge on any atom is -0.240 e. The predicted octanol–water partition coefficient (Wildman–Crippen LogP) is 0.956. The van der Waals surface area contributed by atoms with E-state index in [4.69, 9.17) is 0 Å². The van der Waals surface area contributed by atoms with E-state index in [1.165, 1.54) is 0 Å². The van der Waals surface area contributed by atoms with Gasteiger partial charge in [0.2, 0.25) is 0 Å². The van der Waals surface area contributed by atoms with Crippen LogP contribution in [0.4, 0.5) is 0 Å². The van der Waals surface area contributed by atoms with Crippen LogP contribution in [0.2, 0.25) is 0 Å². The van der Waals surface area contributed by atoms with Gasteiger partial charge in [-0.25, -0.2) is 4.79 Å². The van der Waals surface area contributed by atoms with Gasteiger partial charge in [-0.2, -0.15) is 0 Å². The van der Waals surface area contributed by atoms with Crippen molar-refractivity contribution in [3.05, 3.63) is 0 Å². The summed E-state index contributed by atoms with van der Waals surface area (Å²) >= 11 is 0. The molecule has 0 amide bonds. The van der Waals surface area contributed by atoms with Crippen molar-refractivity contribution in [2.45, 2.75) is 6.92 Å². The number of hydrogen-bond acceptors (Lipinski definition) is 3. The highest BCUT2D eigenvalue weighted by atomic mass is 31.1. The molecule has 0 saturated heterocycles. The quantitative estimate of drug-likeness (QED) is 0.412. The summed E-state index contributed by atoms with van der Waals surface area (Å²) in [7, 11) is -2.01. The molecule has 0 aliphatic rings. The minimum atomic E-state index is -2.01. The van der Waals surface area contributed by atoms with Gasteiger partial charge in [-0.3, -0.25) is 0 Å². The lowest BCUT2D eigenvalue weighted by Crippen LogP contribution is -1.75. The Labute approximate surface area is 42.5 Å². The SMILES string of the molecule is CCO[P+](=O)C=O. The molecule has 0 N–H and O–H groups in total. The van der Waals surface area contributed by atoms with Gasteiger partial charge in [0.15, 0.2) is 0 Å². The van der Waals surface area contributed by atoms with Gasteiger partial charge in [-0.05, 0) is 11.5 Å². The highest BCUT2D eigenvalue weighted by molar-refractivity contribution is 7.56. The lowest BCUT2D eigenvalue weighted by atomic mass is 10.9. The van der Waals surface area contributed by atoms with Crippen molar-refractivity contribution in [1.29, 1.82) is 0 Å². The summed E-state index contributed by atoms with van der Waals surface area (Å²) in [5.41, 5.74) is 0. The monoisotopic (exact) mass is 121 g/mol. The summed E-state index contributed by atoms with van der Waals surface area (Å²) < 4.78 is 14.3. The van der Waals surface area contributed by atoms with E-state index in [-0.39, 0.29) is 0 Å². The van der Waals surface area contributed by atoms with Crippen LogP contribution in [-0.4, -0.2) is 12.6 Å². The van der Waals surface area contributed by atoms with Crippen molar-refractivity contribution >= 4 is 14.1 Å². The van der Waals surface area contributed by atoms with Gasteiger partial charge < -0.3 is 0 Å². The average Bonchev–Trinajstić information content (AvgIpc) is 1.68. The van der Waals surface area contributed by atoms with Crippen LogP contribution in [0.25, 0.3) is 0 Å². The first kappa shape index (κ1) is 6.73. The molecular formula is C3H6O3P+. The largest absolute Gasteiger partial charge is 0.584 e. The number of carbonyl (C=O) groups excluding carboxylic acids is 1. The maximum absolute atomic E-state index is 9.97. The van der Waals surface area contributed by atoms with Crippen molar-refractivity contribution in [2.75, 3.05) is 6.61 Å². The molecule has 0 aliphatic carbocycles. The Morgan fingerprint density at radius 3 is 2.57 bits per heavy atom. The maximum Gasteiger partial charge on any atom is 0.584 e. The number of rotatable bonds is 3. The second kappa shape index (κ2) is 3.90. The minimum absolute atomic E-state index is 0.291. The third-order valence-electron chi connectivity index (χ3n) is 0.342. The molecule has 0 rings (SSSR count). The van der Waals surface area contributed by atoms with E-state index in [0.717, 1.165) is 0 Å². The second-order valence-corrected chi connectivity index (χ2v) is 1.85. The Morgan fingerprint density at radius 2 is 2.43 bits per heavy atom. The molecule has 4 heteroatoms. The zero-order valence-electron chi connectivity index (χ0n) is 3.96. The average molecular weight is 121 g/mol. The van der Waals surface area contributed by atoms with E-state index in [2.05, 4.69) is 4.52 Å².